The first-order valence-corrected chi connectivity index (χ1v) is 7.89. The van der Waals surface area contributed by atoms with Crippen LogP contribution >= 0.6 is 27.3 Å². The molecule has 1 aromatic carbocycles. The van der Waals surface area contributed by atoms with Gasteiger partial charge in [-0.05, 0) is 30.0 Å². The molecular formula is C14H12BrN3O2S. The Kier molecular flexibility index (Phi) is 3.46. The van der Waals surface area contributed by atoms with Gasteiger partial charge in [-0.3, -0.25) is 10.1 Å². The molecule has 1 heterocycles. The highest BCUT2D eigenvalue weighted by Crippen LogP contribution is 2.47. The van der Waals surface area contributed by atoms with E-state index in [0.717, 1.165) is 26.9 Å². The Labute approximate surface area is 133 Å². The van der Waals surface area contributed by atoms with Crippen LogP contribution < -0.4 is 16.8 Å². The third kappa shape index (κ3) is 2.32. The van der Waals surface area contributed by atoms with Crippen molar-refractivity contribution in [2.75, 3.05) is 5.32 Å². The first-order valence-electron chi connectivity index (χ1n) is 6.28. The number of anilines is 1. The summed E-state index contributed by atoms with van der Waals surface area (Å²) in [7, 11) is 0. The quantitative estimate of drug-likeness (QED) is 0.762. The molecule has 21 heavy (non-hydrogen) atoms. The lowest BCUT2D eigenvalue weighted by atomic mass is 9.89. The summed E-state index contributed by atoms with van der Waals surface area (Å²) >= 11 is 4.88. The van der Waals surface area contributed by atoms with Crippen LogP contribution in [0.3, 0.4) is 0 Å². The highest BCUT2D eigenvalue weighted by Gasteiger charge is 2.28. The Morgan fingerprint density at radius 3 is 2.67 bits per heavy atom. The van der Waals surface area contributed by atoms with Gasteiger partial charge in [-0.1, -0.05) is 28.1 Å². The highest BCUT2D eigenvalue weighted by molar-refractivity contribution is 9.10. The van der Waals surface area contributed by atoms with Crippen LogP contribution in [0.5, 0.6) is 0 Å². The summed E-state index contributed by atoms with van der Waals surface area (Å²) in [6, 6.07) is 5.30. The van der Waals surface area contributed by atoms with Crippen molar-refractivity contribution in [3.63, 3.8) is 0 Å². The number of nitrogens with one attached hydrogen (secondary N) is 1. The molecule has 108 valence electrons. The van der Waals surface area contributed by atoms with Crippen LogP contribution in [0.1, 0.15) is 21.5 Å². The lowest BCUT2D eigenvalue weighted by molar-refractivity contribution is 0.100. The van der Waals surface area contributed by atoms with Crippen LogP contribution in [-0.2, 0) is 12.8 Å². The minimum atomic E-state index is -0.705. The molecular weight excluding hydrogens is 354 g/mol. The molecule has 0 saturated carbocycles. The lowest BCUT2D eigenvalue weighted by Gasteiger charge is -2.18. The van der Waals surface area contributed by atoms with E-state index in [0.29, 0.717) is 17.0 Å². The molecule has 0 spiro atoms. The van der Waals surface area contributed by atoms with Gasteiger partial charge < -0.3 is 11.5 Å². The standard InChI is InChI=1S/C14H12BrN3O2S/c15-8-3-1-2-6-4-5-7-10(12(16)19)13(18-14(17)20)21-11(7)9(6)8/h1-3H,4-5H2,(H2,16,19)(H3,17,18,20). The zero-order valence-corrected chi connectivity index (χ0v) is 13.3. The predicted molar refractivity (Wildman–Crippen MR) is 86.6 cm³/mol. The van der Waals surface area contributed by atoms with Gasteiger partial charge in [-0.15, -0.1) is 11.3 Å². The molecule has 0 unspecified atom stereocenters. The van der Waals surface area contributed by atoms with E-state index in [4.69, 9.17) is 11.5 Å². The van der Waals surface area contributed by atoms with Gasteiger partial charge in [-0.2, -0.15) is 0 Å². The van der Waals surface area contributed by atoms with Crippen molar-refractivity contribution >= 4 is 44.2 Å². The summed E-state index contributed by atoms with van der Waals surface area (Å²) in [6.45, 7) is 0. The molecule has 3 rings (SSSR count). The minimum Gasteiger partial charge on any atom is -0.365 e. The molecule has 2 aromatic rings. The smallest absolute Gasteiger partial charge is 0.317 e. The zero-order valence-electron chi connectivity index (χ0n) is 10.9. The molecule has 0 saturated heterocycles. The second-order valence-corrected chi connectivity index (χ2v) is 6.62. The first kappa shape index (κ1) is 14.1. The van der Waals surface area contributed by atoms with Crippen molar-refractivity contribution in [3.05, 3.63) is 39.4 Å². The maximum Gasteiger partial charge on any atom is 0.317 e. The van der Waals surface area contributed by atoms with Crippen LogP contribution in [0.15, 0.2) is 22.7 Å². The molecule has 0 fully saturated rings. The number of benzene rings is 1. The van der Waals surface area contributed by atoms with E-state index in [1.807, 2.05) is 12.1 Å². The van der Waals surface area contributed by atoms with Gasteiger partial charge in [0, 0.05) is 14.9 Å². The summed E-state index contributed by atoms with van der Waals surface area (Å²) in [6.07, 6.45) is 1.54. The number of urea groups is 1. The number of thiophene rings is 1. The fourth-order valence-corrected chi connectivity index (χ4v) is 4.75. The second kappa shape index (κ2) is 5.16. The molecule has 5 N–H and O–H groups in total. The molecule has 7 heteroatoms. The normalized spacial score (nSPS) is 12.4. The van der Waals surface area contributed by atoms with Crippen molar-refractivity contribution in [2.45, 2.75) is 12.8 Å². The molecule has 0 aliphatic heterocycles. The number of hydrogen-bond acceptors (Lipinski definition) is 3. The number of primary amides is 2. The number of fused-ring (bicyclic) bond motifs is 3. The summed E-state index contributed by atoms with van der Waals surface area (Å²) in [5, 5.41) is 2.92. The van der Waals surface area contributed by atoms with E-state index in [-0.39, 0.29) is 0 Å². The van der Waals surface area contributed by atoms with Gasteiger partial charge in [-0.25, -0.2) is 4.79 Å². The van der Waals surface area contributed by atoms with Gasteiger partial charge in [0.1, 0.15) is 5.00 Å². The SMILES string of the molecule is NC(=O)Nc1sc2c(c1C(N)=O)CCc1cccc(Br)c1-2. The van der Waals surface area contributed by atoms with Gasteiger partial charge >= 0.3 is 6.03 Å². The van der Waals surface area contributed by atoms with Crippen molar-refractivity contribution in [2.24, 2.45) is 11.5 Å². The fraction of sp³-hybridized carbons (Fsp3) is 0.143. The molecule has 0 bridgehead atoms. The average molecular weight is 366 g/mol. The van der Waals surface area contributed by atoms with Crippen LogP contribution in [0.4, 0.5) is 9.80 Å². The van der Waals surface area contributed by atoms with Gasteiger partial charge in [0.05, 0.1) is 5.56 Å². The van der Waals surface area contributed by atoms with E-state index in [1.165, 1.54) is 16.9 Å². The predicted octanol–water partition coefficient (Wildman–Crippen LogP) is 2.87. The number of nitrogens with two attached hydrogens (primary N) is 2. The zero-order chi connectivity index (χ0) is 15.1. The fourth-order valence-electron chi connectivity index (χ4n) is 2.66. The third-order valence-corrected chi connectivity index (χ3v) is 5.29. The topological polar surface area (TPSA) is 98.2 Å². The summed E-state index contributed by atoms with van der Waals surface area (Å²) < 4.78 is 0.962. The summed E-state index contributed by atoms with van der Waals surface area (Å²) in [4.78, 5) is 23.8. The molecule has 0 radical (unpaired) electrons. The largest absolute Gasteiger partial charge is 0.365 e. The second-order valence-electron chi connectivity index (χ2n) is 4.74. The van der Waals surface area contributed by atoms with Crippen molar-refractivity contribution in [3.8, 4) is 10.4 Å². The number of hydrogen-bond donors (Lipinski definition) is 3. The van der Waals surface area contributed by atoms with Crippen LogP contribution in [0, 0.1) is 0 Å². The van der Waals surface area contributed by atoms with Crippen molar-refractivity contribution < 1.29 is 9.59 Å². The number of aryl methyl sites for hydroxylation is 1. The van der Waals surface area contributed by atoms with Gasteiger partial charge in [0.2, 0.25) is 0 Å². The molecule has 3 amide bonds. The maximum absolute atomic E-state index is 11.8. The molecule has 5 nitrogen and oxygen atoms in total. The Balaban J connectivity index is 2.26. The van der Waals surface area contributed by atoms with Crippen molar-refractivity contribution in [1.82, 2.24) is 0 Å². The van der Waals surface area contributed by atoms with E-state index >= 15 is 0 Å². The van der Waals surface area contributed by atoms with Gasteiger partial charge in [0.15, 0.2) is 0 Å². The van der Waals surface area contributed by atoms with E-state index in [1.54, 1.807) is 0 Å². The minimum absolute atomic E-state index is 0.371. The number of carbonyl (C=O) groups excluding carboxylic acids is 2. The Bertz CT molecular complexity index is 770. The Morgan fingerprint density at radius 1 is 1.24 bits per heavy atom. The number of halogens is 1. The lowest BCUT2D eigenvalue weighted by Crippen LogP contribution is -2.22. The first-order chi connectivity index (χ1) is 9.99. The third-order valence-electron chi connectivity index (χ3n) is 3.46. The van der Waals surface area contributed by atoms with E-state index < -0.39 is 11.9 Å². The maximum atomic E-state index is 11.8. The Morgan fingerprint density at radius 2 is 2.00 bits per heavy atom. The summed E-state index contributed by atoms with van der Waals surface area (Å²) in [5.74, 6) is -0.549. The van der Waals surface area contributed by atoms with Crippen molar-refractivity contribution in [1.29, 1.82) is 0 Å². The Hall–Kier alpha value is -1.86. The van der Waals surface area contributed by atoms with E-state index in [9.17, 15) is 9.59 Å². The molecule has 1 aromatic heterocycles. The molecule has 0 atom stereocenters. The monoisotopic (exact) mass is 365 g/mol. The van der Waals surface area contributed by atoms with Crippen LogP contribution in [0.25, 0.3) is 10.4 Å². The van der Waals surface area contributed by atoms with Crippen LogP contribution in [-0.4, -0.2) is 11.9 Å². The molecule has 1 aliphatic carbocycles. The highest BCUT2D eigenvalue weighted by atomic mass is 79.9. The van der Waals surface area contributed by atoms with E-state index in [2.05, 4.69) is 27.3 Å². The number of carbonyl (C=O) groups is 2. The molecule has 1 aliphatic rings. The van der Waals surface area contributed by atoms with Gasteiger partial charge in [0.25, 0.3) is 5.91 Å². The van der Waals surface area contributed by atoms with Crippen LogP contribution in [0.2, 0.25) is 0 Å². The number of rotatable bonds is 2. The number of amides is 3. The summed E-state index contributed by atoms with van der Waals surface area (Å²) in [5.41, 5.74) is 14.2. The average Bonchev–Trinajstić information content (AvgIpc) is 2.75.